The topological polar surface area (TPSA) is 104 Å². The first-order chi connectivity index (χ1) is 18.0. The first-order valence-electron chi connectivity index (χ1n) is 12.3. The van der Waals surface area contributed by atoms with Crippen molar-refractivity contribution in [3.05, 3.63) is 65.9 Å². The summed E-state index contributed by atoms with van der Waals surface area (Å²) in [7, 11) is 5.20. The average Bonchev–Trinajstić information content (AvgIpc) is 3.37. The Morgan fingerprint density at radius 1 is 1.14 bits per heavy atom. The van der Waals surface area contributed by atoms with E-state index >= 15 is 0 Å². The van der Waals surface area contributed by atoms with Crippen molar-refractivity contribution < 1.29 is 19.0 Å². The fraction of sp³-hybridized carbons (Fsp3) is 0.310. The van der Waals surface area contributed by atoms with Gasteiger partial charge in [0.1, 0.15) is 41.2 Å². The zero-order chi connectivity index (χ0) is 25.9. The minimum absolute atomic E-state index is 0.0622. The minimum atomic E-state index is -0.748. The second-order valence-corrected chi connectivity index (χ2v) is 9.39. The molecule has 8 nitrogen and oxygen atoms in total. The van der Waals surface area contributed by atoms with Crippen molar-refractivity contribution in [1.29, 1.82) is 5.26 Å². The van der Waals surface area contributed by atoms with E-state index in [1.54, 1.807) is 38.4 Å². The molecule has 0 bridgehead atoms. The van der Waals surface area contributed by atoms with Crippen LogP contribution in [0.3, 0.4) is 0 Å². The summed E-state index contributed by atoms with van der Waals surface area (Å²) in [6, 6.07) is 17.2. The highest BCUT2D eigenvalue weighted by Gasteiger charge is 2.20. The Morgan fingerprint density at radius 2 is 2.00 bits per heavy atom. The van der Waals surface area contributed by atoms with Gasteiger partial charge in [0.2, 0.25) is 0 Å². The number of aromatic nitrogens is 1. The van der Waals surface area contributed by atoms with Gasteiger partial charge in [0.15, 0.2) is 5.58 Å². The summed E-state index contributed by atoms with van der Waals surface area (Å²) in [5.74, 6) is 1.78. The van der Waals surface area contributed by atoms with Crippen LogP contribution in [0.25, 0.3) is 33.6 Å². The molecule has 4 aromatic rings. The van der Waals surface area contributed by atoms with Gasteiger partial charge in [-0.25, -0.2) is 0 Å². The van der Waals surface area contributed by atoms with Crippen LogP contribution >= 0.6 is 0 Å². The van der Waals surface area contributed by atoms with Gasteiger partial charge in [-0.1, -0.05) is 12.1 Å². The predicted octanol–water partition coefficient (Wildman–Crippen LogP) is 4.73. The number of fused-ring (bicyclic) bond motifs is 1. The van der Waals surface area contributed by atoms with Gasteiger partial charge in [0, 0.05) is 24.4 Å². The number of piperidine rings is 1. The number of rotatable bonds is 7. The summed E-state index contributed by atoms with van der Waals surface area (Å²) in [5.41, 5.74) is 4.94. The van der Waals surface area contributed by atoms with Crippen molar-refractivity contribution in [3.8, 4) is 40.0 Å². The lowest BCUT2D eigenvalue weighted by atomic mass is 10.0. The highest BCUT2D eigenvalue weighted by molar-refractivity contribution is 5.93. The molecule has 2 aromatic carbocycles. The van der Waals surface area contributed by atoms with Gasteiger partial charge in [0.05, 0.1) is 18.2 Å². The maximum atomic E-state index is 10.4. The number of aliphatic hydroxyl groups excluding tert-OH is 1. The molecular weight excluding hydrogens is 468 g/mol. The second kappa shape index (κ2) is 10.6. The quantitative estimate of drug-likeness (QED) is 0.353. The first kappa shape index (κ1) is 24.8. The number of hydrogen-bond donors (Lipinski definition) is 2. The smallest absolute Gasteiger partial charge is 0.161 e. The molecule has 0 aliphatic carbocycles. The lowest BCUT2D eigenvalue weighted by molar-refractivity contribution is 0.0394. The lowest BCUT2D eigenvalue weighted by Gasteiger charge is -2.24. The van der Waals surface area contributed by atoms with E-state index in [0.717, 1.165) is 48.2 Å². The van der Waals surface area contributed by atoms with Crippen LogP contribution in [0, 0.1) is 11.3 Å². The number of nitrogens with one attached hydrogen (secondary N) is 1. The van der Waals surface area contributed by atoms with E-state index in [-0.39, 0.29) is 6.10 Å². The fourth-order valence-corrected chi connectivity index (χ4v) is 4.66. The maximum absolute atomic E-state index is 10.4. The van der Waals surface area contributed by atoms with E-state index in [4.69, 9.17) is 13.9 Å². The van der Waals surface area contributed by atoms with Gasteiger partial charge in [-0.2, -0.15) is 5.26 Å². The molecule has 1 aliphatic rings. The number of methoxy groups -OCH3 is 1. The number of hydrogen-bond acceptors (Lipinski definition) is 8. The van der Waals surface area contributed by atoms with E-state index in [1.165, 1.54) is 0 Å². The molecule has 0 amide bonds. The molecule has 5 rings (SSSR count). The second-order valence-electron chi connectivity index (χ2n) is 9.39. The average molecular weight is 499 g/mol. The third-order valence-electron chi connectivity index (χ3n) is 6.65. The van der Waals surface area contributed by atoms with Gasteiger partial charge in [0.25, 0.3) is 0 Å². The van der Waals surface area contributed by atoms with E-state index in [9.17, 15) is 10.4 Å². The highest BCUT2D eigenvalue weighted by Crippen LogP contribution is 2.39. The van der Waals surface area contributed by atoms with Crippen LogP contribution in [0.1, 0.15) is 30.2 Å². The van der Waals surface area contributed by atoms with E-state index in [2.05, 4.69) is 16.4 Å². The van der Waals surface area contributed by atoms with Gasteiger partial charge in [-0.3, -0.25) is 9.88 Å². The lowest BCUT2D eigenvalue weighted by Crippen LogP contribution is -2.37. The van der Waals surface area contributed by atoms with Crippen molar-refractivity contribution in [2.45, 2.75) is 25.2 Å². The SMILES string of the molecule is COc1cc(C(O)N(C)C)ccc1-c1cc2nccc(-c3ccc(O[C@@H]4CCCNC4)c(C#N)c3)c2o1. The van der Waals surface area contributed by atoms with Crippen molar-refractivity contribution in [3.63, 3.8) is 0 Å². The van der Waals surface area contributed by atoms with Crippen LogP contribution < -0.4 is 14.8 Å². The summed E-state index contributed by atoms with van der Waals surface area (Å²) in [6.07, 6.45) is 3.08. The molecule has 2 atom stereocenters. The molecule has 190 valence electrons. The molecule has 8 heteroatoms. The summed E-state index contributed by atoms with van der Waals surface area (Å²) >= 11 is 0. The summed E-state index contributed by atoms with van der Waals surface area (Å²) < 4.78 is 18.1. The fourth-order valence-electron chi connectivity index (χ4n) is 4.66. The number of nitriles is 1. The molecule has 3 heterocycles. The molecule has 0 saturated carbocycles. The van der Waals surface area contributed by atoms with E-state index in [0.29, 0.717) is 33.9 Å². The Labute approximate surface area is 216 Å². The Balaban J connectivity index is 1.50. The van der Waals surface area contributed by atoms with Crippen LogP contribution in [-0.2, 0) is 0 Å². The van der Waals surface area contributed by atoms with Crippen LogP contribution in [0.2, 0.25) is 0 Å². The van der Waals surface area contributed by atoms with Crippen LogP contribution in [-0.4, -0.2) is 55.4 Å². The van der Waals surface area contributed by atoms with Crippen LogP contribution in [0.15, 0.2) is 59.1 Å². The molecular formula is C29H30N4O4. The maximum Gasteiger partial charge on any atom is 0.161 e. The number of ether oxygens (including phenoxy) is 2. The third kappa shape index (κ3) is 5.02. The zero-order valence-corrected chi connectivity index (χ0v) is 21.2. The van der Waals surface area contributed by atoms with Gasteiger partial charge >= 0.3 is 0 Å². The molecule has 0 spiro atoms. The van der Waals surface area contributed by atoms with Crippen molar-refractivity contribution in [2.24, 2.45) is 0 Å². The Hall–Kier alpha value is -3.90. The molecule has 1 aliphatic heterocycles. The minimum Gasteiger partial charge on any atom is -0.496 e. The largest absolute Gasteiger partial charge is 0.496 e. The Morgan fingerprint density at radius 3 is 2.73 bits per heavy atom. The van der Waals surface area contributed by atoms with Crippen molar-refractivity contribution in [2.75, 3.05) is 34.3 Å². The molecule has 2 N–H and O–H groups in total. The summed E-state index contributed by atoms with van der Waals surface area (Å²) in [6.45, 7) is 1.78. The van der Waals surface area contributed by atoms with Gasteiger partial charge < -0.3 is 24.3 Å². The molecule has 1 fully saturated rings. The monoisotopic (exact) mass is 498 g/mol. The normalized spacial score (nSPS) is 16.5. The number of nitrogens with zero attached hydrogens (tertiary/aromatic N) is 3. The molecule has 0 radical (unpaired) electrons. The zero-order valence-electron chi connectivity index (χ0n) is 21.2. The van der Waals surface area contributed by atoms with Crippen LogP contribution in [0.5, 0.6) is 11.5 Å². The number of pyridine rings is 1. The Kier molecular flexibility index (Phi) is 7.10. The molecule has 37 heavy (non-hydrogen) atoms. The van der Waals surface area contributed by atoms with Crippen LogP contribution in [0.4, 0.5) is 0 Å². The Bertz CT molecular complexity index is 1450. The molecule has 1 unspecified atom stereocenters. The van der Waals surface area contributed by atoms with Crippen molar-refractivity contribution >= 4 is 11.1 Å². The van der Waals surface area contributed by atoms with E-state index < -0.39 is 6.23 Å². The van der Waals surface area contributed by atoms with Gasteiger partial charge in [-0.05, 0) is 74.9 Å². The standard InChI is InChI=1S/C29H30N4O4/c1-33(2)29(34)19-6-8-23(26(14-19)35-3)27-15-24-28(37-27)22(10-12-32-24)18-7-9-25(20(13-18)16-30)36-21-5-4-11-31-17-21/h6-10,12-15,21,29,31,34H,4-5,11,17H2,1-3H3/t21-,29?/m1/s1. The number of aliphatic hydroxyl groups is 1. The van der Waals surface area contributed by atoms with Crippen molar-refractivity contribution in [1.82, 2.24) is 15.2 Å². The third-order valence-corrected chi connectivity index (χ3v) is 6.65. The summed E-state index contributed by atoms with van der Waals surface area (Å²) in [5, 5.41) is 23.6. The highest BCUT2D eigenvalue weighted by atomic mass is 16.5. The molecule has 2 aromatic heterocycles. The first-order valence-corrected chi connectivity index (χ1v) is 12.3. The molecule has 1 saturated heterocycles. The number of furan rings is 1. The predicted molar refractivity (Wildman–Crippen MR) is 141 cm³/mol. The van der Waals surface area contributed by atoms with E-state index in [1.807, 2.05) is 42.5 Å². The number of benzene rings is 2. The summed E-state index contributed by atoms with van der Waals surface area (Å²) in [4.78, 5) is 6.21. The van der Waals surface area contributed by atoms with Gasteiger partial charge in [-0.15, -0.1) is 0 Å².